The van der Waals surface area contributed by atoms with Crippen molar-refractivity contribution in [2.75, 3.05) is 5.32 Å². The quantitative estimate of drug-likeness (QED) is 0.870. The van der Waals surface area contributed by atoms with Crippen LogP contribution in [0.3, 0.4) is 0 Å². The Kier molecular flexibility index (Phi) is 4.35. The number of nitrogens with one attached hydrogen (secondary N) is 1. The summed E-state index contributed by atoms with van der Waals surface area (Å²) in [5, 5.41) is 3.46. The first kappa shape index (κ1) is 13.3. The van der Waals surface area contributed by atoms with E-state index in [9.17, 15) is 4.79 Å². The van der Waals surface area contributed by atoms with Crippen molar-refractivity contribution in [2.45, 2.75) is 19.9 Å². The molecule has 0 heterocycles. The second-order valence-corrected chi connectivity index (χ2v) is 4.80. The van der Waals surface area contributed by atoms with Crippen LogP contribution in [0.1, 0.15) is 25.5 Å². The number of anilines is 1. The number of rotatable bonds is 5. The van der Waals surface area contributed by atoms with Crippen molar-refractivity contribution in [1.29, 1.82) is 0 Å². The van der Waals surface area contributed by atoms with Crippen LogP contribution in [0.2, 0.25) is 0 Å². The molecule has 2 rings (SSSR count). The molecule has 0 spiro atoms. The maximum absolute atomic E-state index is 11.7. The second kappa shape index (κ2) is 6.19. The van der Waals surface area contributed by atoms with Gasteiger partial charge in [-0.15, -0.1) is 0 Å². The zero-order chi connectivity index (χ0) is 13.7. The van der Waals surface area contributed by atoms with E-state index in [-0.39, 0.29) is 17.7 Å². The fourth-order valence-electron chi connectivity index (χ4n) is 2.11. The molecular formula is C17H19NO. The molecule has 0 unspecified atom stereocenters. The summed E-state index contributed by atoms with van der Waals surface area (Å²) in [5.74, 6) is 0.125. The molecule has 0 aromatic heterocycles. The molecule has 0 amide bonds. The lowest BCUT2D eigenvalue weighted by atomic mass is 9.91. The summed E-state index contributed by atoms with van der Waals surface area (Å²) in [6.07, 6.45) is 0. The van der Waals surface area contributed by atoms with Gasteiger partial charge in [0.15, 0.2) is 0 Å². The predicted octanol–water partition coefficient (Wildman–Crippen LogP) is 4.06. The first-order valence-corrected chi connectivity index (χ1v) is 6.55. The van der Waals surface area contributed by atoms with E-state index < -0.39 is 0 Å². The van der Waals surface area contributed by atoms with Gasteiger partial charge in [0, 0.05) is 11.6 Å². The lowest BCUT2D eigenvalue weighted by Crippen LogP contribution is -2.23. The molecule has 98 valence electrons. The van der Waals surface area contributed by atoms with Gasteiger partial charge in [-0.25, -0.2) is 0 Å². The highest BCUT2D eigenvalue weighted by molar-refractivity contribution is 5.79. The van der Waals surface area contributed by atoms with E-state index in [4.69, 9.17) is 0 Å². The zero-order valence-corrected chi connectivity index (χ0v) is 11.3. The van der Waals surface area contributed by atoms with Crippen LogP contribution in [0.4, 0.5) is 5.69 Å². The van der Waals surface area contributed by atoms with Crippen LogP contribution in [0, 0.1) is 5.92 Å². The second-order valence-electron chi connectivity index (χ2n) is 4.80. The summed E-state index contributed by atoms with van der Waals surface area (Å²) in [7, 11) is 0. The first-order chi connectivity index (χ1) is 9.18. The van der Waals surface area contributed by atoms with Gasteiger partial charge in [-0.05, 0) is 24.6 Å². The average Bonchev–Trinajstić information content (AvgIpc) is 2.46. The minimum atomic E-state index is -0.0670. The minimum Gasteiger partial charge on any atom is -0.378 e. The fraction of sp³-hybridized carbons (Fsp3) is 0.235. The van der Waals surface area contributed by atoms with E-state index >= 15 is 0 Å². The molecule has 19 heavy (non-hydrogen) atoms. The Bertz CT molecular complexity index is 521. The Balaban J connectivity index is 2.27. The number of carbonyl (C=O) groups excluding carboxylic acids is 1. The van der Waals surface area contributed by atoms with Crippen LogP contribution >= 0.6 is 0 Å². The third-order valence-electron chi connectivity index (χ3n) is 3.40. The van der Waals surface area contributed by atoms with Crippen molar-refractivity contribution in [3.63, 3.8) is 0 Å². The maximum atomic E-state index is 11.7. The van der Waals surface area contributed by atoms with Gasteiger partial charge >= 0.3 is 0 Å². The summed E-state index contributed by atoms with van der Waals surface area (Å²) in [4.78, 5) is 11.7. The number of para-hydroxylation sites is 1. The molecule has 0 fully saturated rings. The highest BCUT2D eigenvalue weighted by atomic mass is 16.1. The monoisotopic (exact) mass is 253 g/mol. The van der Waals surface area contributed by atoms with Crippen molar-refractivity contribution in [3.05, 3.63) is 66.2 Å². The van der Waals surface area contributed by atoms with Gasteiger partial charge in [-0.1, -0.05) is 55.5 Å². The molecule has 0 radical (unpaired) electrons. The fourth-order valence-corrected chi connectivity index (χ4v) is 2.11. The smallest absolute Gasteiger partial charge is 0.135 e. The van der Waals surface area contributed by atoms with Gasteiger partial charge < -0.3 is 5.32 Å². The molecule has 1 N–H and O–H groups in total. The maximum Gasteiger partial charge on any atom is 0.135 e. The van der Waals surface area contributed by atoms with Crippen LogP contribution in [0.25, 0.3) is 0 Å². The molecule has 2 atom stereocenters. The number of hydrogen-bond donors (Lipinski definition) is 1. The van der Waals surface area contributed by atoms with Gasteiger partial charge in [0.25, 0.3) is 0 Å². The Morgan fingerprint density at radius 2 is 1.47 bits per heavy atom. The molecule has 0 aliphatic rings. The van der Waals surface area contributed by atoms with E-state index in [2.05, 4.69) is 17.4 Å². The Morgan fingerprint density at radius 3 is 2.00 bits per heavy atom. The number of hydrogen-bond acceptors (Lipinski definition) is 2. The summed E-state index contributed by atoms with van der Waals surface area (Å²) >= 11 is 0. The molecule has 2 heteroatoms. The van der Waals surface area contributed by atoms with Crippen LogP contribution in [-0.4, -0.2) is 5.78 Å². The van der Waals surface area contributed by atoms with Gasteiger partial charge in [-0.2, -0.15) is 0 Å². The molecule has 0 saturated carbocycles. The normalized spacial score (nSPS) is 13.6. The van der Waals surface area contributed by atoms with Crippen LogP contribution in [0.15, 0.2) is 60.7 Å². The number of carbonyl (C=O) groups is 1. The van der Waals surface area contributed by atoms with Crippen molar-refractivity contribution >= 4 is 11.5 Å². The summed E-state index contributed by atoms with van der Waals surface area (Å²) in [6, 6.07) is 20.1. The molecule has 0 saturated heterocycles. The lowest BCUT2D eigenvalue weighted by Gasteiger charge is -2.25. The number of ketones is 1. The molecule has 0 aliphatic heterocycles. The SMILES string of the molecule is CC(=O)[C@H](C)[C@H](Nc1ccccc1)c1ccccc1. The van der Waals surface area contributed by atoms with E-state index in [0.29, 0.717) is 0 Å². The summed E-state index contributed by atoms with van der Waals surface area (Å²) < 4.78 is 0. The molecular weight excluding hydrogens is 234 g/mol. The van der Waals surface area contributed by atoms with Gasteiger partial charge in [0.1, 0.15) is 5.78 Å². The van der Waals surface area contributed by atoms with Gasteiger partial charge in [0.2, 0.25) is 0 Å². The van der Waals surface area contributed by atoms with Crippen LogP contribution < -0.4 is 5.32 Å². The van der Waals surface area contributed by atoms with Crippen molar-refractivity contribution in [1.82, 2.24) is 0 Å². The largest absolute Gasteiger partial charge is 0.378 e. The molecule has 2 aromatic rings. The van der Waals surface area contributed by atoms with Crippen molar-refractivity contribution in [2.24, 2.45) is 5.92 Å². The molecule has 2 aromatic carbocycles. The topological polar surface area (TPSA) is 29.1 Å². The van der Waals surface area contributed by atoms with Crippen molar-refractivity contribution < 1.29 is 4.79 Å². The van der Waals surface area contributed by atoms with Gasteiger partial charge in [0.05, 0.1) is 6.04 Å². The molecule has 0 bridgehead atoms. The number of benzene rings is 2. The predicted molar refractivity (Wildman–Crippen MR) is 79.1 cm³/mol. The third kappa shape index (κ3) is 3.44. The van der Waals surface area contributed by atoms with Crippen LogP contribution in [0.5, 0.6) is 0 Å². The Morgan fingerprint density at radius 1 is 0.947 bits per heavy atom. The van der Waals surface area contributed by atoms with Gasteiger partial charge in [-0.3, -0.25) is 4.79 Å². The third-order valence-corrected chi connectivity index (χ3v) is 3.40. The average molecular weight is 253 g/mol. The lowest BCUT2D eigenvalue weighted by molar-refractivity contribution is -0.120. The highest BCUT2D eigenvalue weighted by Gasteiger charge is 2.22. The Labute approximate surface area is 114 Å². The van der Waals surface area contributed by atoms with E-state index in [1.165, 1.54) is 0 Å². The van der Waals surface area contributed by atoms with E-state index in [1.54, 1.807) is 6.92 Å². The molecule has 2 nitrogen and oxygen atoms in total. The standard InChI is InChI=1S/C17H19NO/c1-13(14(2)19)17(15-9-5-3-6-10-15)18-16-11-7-4-8-12-16/h3-13,17-18H,1-2H3/t13-,17-/m0/s1. The summed E-state index contributed by atoms with van der Waals surface area (Å²) in [6.45, 7) is 3.61. The Hall–Kier alpha value is -2.09. The zero-order valence-electron chi connectivity index (χ0n) is 11.3. The minimum absolute atomic E-state index is 0.00102. The first-order valence-electron chi connectivity index (χ1n) is 6.55. The van der Waals surface area contributed by atoms with Crippen molar-refractivity contribution in [3.8, 4) is 0 Å². The molecule has 0 aliphatic carbocycles. The summed E-state index contributed by atoms with van der Waals surface area (Å²) in [5.41, 5.74) is 2.17. The van der Waals surface area contributed by atoms with E-state index in [0.717, 1.165) is 11.3 Å². The number of Topliss-reactive ketones (excluding diaryl/α,β-unsaturated/α-hetero) is 1. The van der Waals surface area contributed by atoms with E-state index in [1.807, 2.05) is 55.5 Å². The highest BCUT2D eigenvalue weighted by Crippen LogP contribution is 2.27. The van der Waals surface area contributed by atoms with Crippen LogP contribution in [-0.2, 0) is 4.79 Å².